The molecule has 1 aliphatic rings. The number of hydrogen-bond acceptors (Lipinski definition) is 3. The van der Waals surface area contributed by atoms with Gasteiger partial charge in [0.1, 0.15) is 5.75 Å². The molecule has 1 aliphatic carbocycles. The van der Waals surface area contributed by atoms with Crippen molar-refractivity contribution in [1.82, 2.24) is 10.9 Å². The molecule has 5 nitrogen and oxygen atoms in total. The molecule has 1 aromatic rings. The molecule has 0 aromatic heterocycles. The minimum atomic E-state index is -0.349. The van der Waals surface area contributed by atoms with Crippen LogP contribution in [0, 0.1) is 5.92 Å². The van der Waals surface area contributed by atoms with E-state index in [-0.39, 0.29) is 17.7 Å². The van der Waals surface area contributed by atoms with Crippen LogP contribution in [0.1, 0.15) is 23.2 Å². The van der Waals surface area contributed by atoms with Crippen molar-refractivity contribution in [2.45, 2.75) is 12.8 Å². The smallest absolute Gasteiger partial charge is 0.269 e. The van der Waals surface area contributed by atoms with E-state index in [0.29, 0.717) is 11.3 Å². The van der Waals surface area contributed by atoms with Crippen LogP contribution in [0.4, 0.5) is 0 Å². The van der Waals surface area contributed by atoms with E-state index in [1.165, 1.54) is 7.11 Å². The van der Waals surface area contributed by atoms with Crippen LogP contribution in [0.15, 0.2) is 24.3 Å². The summed E-state index contributed by atoms with van der Waals surface area (Å²) in [5.41, 5.74) is 5.22. The molecule has 17 heavy (non-hydrogen) atoms. The second kappa shape index (κ2) is 4.86. The standard InChI is InChI=1S/C12H14N2O3/c1-17-10-4-2-3-9(7-10)12(16)14-13-11(15)8-5-6-8/h2-4,7-8H,5-6H2,1H3,(H,13,15)(H,14,16). The van der Waals surface area contributed by atoms with Gasteiger partial charge in [-0.25, -0.2) is 0 Å². The second-order valence-electron chi connectivity index (χ2n) is 3.95. The summed E-state index contributed by atoms with van der Waals surface area (Å²) in [6.45, 7) is 0. The van der Waals surface area contributed by atoms with Crippen molar-refractivity contribution in [2.75, 3.05) is 7.11 Å². The summed E-state index contributed by atoms with van der Waals surface area (Å²) in [4.78, 5) is 23.0. The van der Waals surface area contributed by atoms with Gasteiger partial charge in [-0.2, -0.15) is 0 Å². The van der Waals surface area contributed by atoms with E-state index in [9.17, 15) is 9.59 Å². The Morgan fingerprint density at radius 1 is 1.29 bits per heavy atom. The number of nitrogens with one attached hydrogen (secondary N) is 2. The van der Waals surface area contributed by atoms with Crippen molar-refractivity contribution in [3.8, 4) is 5.75 Å². The molecule has 0 unspecified atom stereocenters. The largest absolute Gasteiger partial charge is 0.497 e. The fourth-order valence-electron chi connectivity index (χ4n) is 1.40. The first-order chi connectivity index (χ1) is 8.20. The van der Waals surface area contributed by atoms with Gasteiger partial charge in [0.25, 0.3) is 5.91 Å². The maximum atomic E-state index is 11.7. The molecule has 1 aromatic carbocycles. The first kappa shape index (κ1) is 11.4. The van der Waals surface area contributed by atoms with Gasteiger partial charge in [0.05, 0.1) is 7.11 Å². The van der Waals surface area contributed by atoms with E-state index in [1.54, 1.807) is 24.3 Å². The Kier molecular flexibility index (Phi) is 3.27. The zero-order chi connectivity index (χ0) is 12.3. The quantitative estimate of drug-likeness (QED) is 0.762. The van der Waals surface area contributed by atoms with Crippen LogP contribution >= 0.6 is 0 Å². The lowest BCUT2D eigenvalue weighted by atomic mass is 10.2. The first-order valence-electron chi connectivity index (χ1n) is 5.45. The number of carbonyl (C=O) groups is 2. The summed E-state index contributed by atoms with van der Waals surface area (Å²) in [6.07, 6.45) is 1.81. The van der Waals surface area contributed by atoms with E-state index in [4.69, 9.17) is 4.74 Å². The Balaban J connectivity index is 1.91. The van der Waals surface area contributed by atoms with Crippen LogP contribution in [0.3, 0.4) is 0 Å². The second-order valence-corrected chi connectivity index (χ2v) is 3.95. The average molecular weight is 234 g/mol. The number of amides is 2. The maximum absolute atomic E-state index is 11.7. The third kappa shape index (κ3) is 2.96. The van der Waals surface area contributed by atoms with Crippen molar-refractivity contribution in [1.29, 1.82) is 0 Å². The normalized spacial score (nSPS) is 13.9. The molecule has 0 heterocycles. The predicted octanol–water partition coefficient (Wildman–Crippen LogP) is 0.866. The zero-order valence-electron chi connectivity index (χ0n) is 9.53. The molecule has 90 valence electrons. The zero-order valence-corrected chi connectivity index (χ0v) is 9.53. The van der Waals surface area contributed by atoms with Gasteiger partial charge < -0.3 is 4.74 Å². The molecule has 0 aliphatic heterocycles. The van der Waals surface area contributed by atoms with E-state index >= 15 is 0 Å². The number of benzene rings is 1. The summed E-state index contributed by atoms with van der Waals surface area (Å²) >= 11 is 0. The van der Waals surface area contributed by atoms with Gasteiger partial charge in [0, 0.05) is 11.5 Å². The number of rotatable bonds is 3. The Morgan fingerprint density at radius 3 is 2.71 bits per heavy atom. The molecular formula is C12H14N2O3. The van der Waals surface area contributed by atoms with E-state index < -0.39 is 0 Å². The van der Waals surface area contributed by atoms with Crippen LogP contribution in [0.2, 0.25) is 0 Å². The molecule has 0 atom stereocenters. The molecule has 2 amide bonds. The number of ether oxygens (including phenoxy) is 1. The predicted molar refractivity (Wildman–Crippen MR) is 61.3 cm³/mol. The van der Waals surface area contributed by atoms with Gasteiger partial charge in [-0.1, -0.05) is 6.07 Å². The highest BCUT2D eigenvalue weighted by molar-refractivity contribution is 5.96. The van der Waals surface area contributed by atoms with Crippen molar-refractivity contribution in [3.63, 3.8) is 0 Å². The van der Waals surface area contributed by atoms with Gasteiger partial charge >= 0.3 is 0 Å². The summed E-state index contributed by atoms with van der Waals surface area (Å²) in [5, 5.41) is 0. The summed E-state index contributed by atoms with van der Waals surface area (Å²) in [7, 11) is 1.53. The van der Waals surface area contributed by atoms with Crippen LogP contribution in [0.25, 0.3) is 0 Å². The number of hydrazine groups is 1. The van der Waals surface area contributed by atoms with Gasteiger partial charge in [0.2, 0.25) is 5.91 Å². The van der Waals surface area contributed by atoms with Crippen molar-refractivity contribution < 1.29 is 14.3 Å². The highest BCUT2D eigenvalue weighted by Crippen LogP contribution is 2.28. The average Bonchev–Trinajstić information content (AvgIpc) is 3.19. The molecule has 0 saturated heterocycles. The first-order valence-corrected chi connectivity index (χ1v) is 5.45. The van der Waals surface area contributed by atoms with Crippen LogP contribution in [-0.2, 0) is 4.79 Å². The molecule has 5 heteroatoms. The molecule has 1 fully saturated rings. The van der Waals surface area contributed by atoms with Gasteiger partial charge in [-0.15, -0.1) is 0 Å². The van der Waals surface area contributed by atoms with Crippen molar-refractivity contribution in [2.24, 2.45) is 5.92 Å². The molecular weight excluding hydrogens is 220 g/mol. The number of hydrogen-bond donors (Lipinski definition) is 2. The summed E-state index contributed by atoms with van der Waals surface area (Å²) in [5.74, 6) is 0.200. The van der Waals surface area contributed by atoms with E-state index in [2.05, 4.69) is 10.9 Å². The minimum Gasteiger partial charge on any atom is -0.497 e. The molecule has 1 saturated carbocycles. The lowest BCUT2D eigenvalue weighted by molar-refractivity contribution is -0.123. The van der Waals surface area contributed by atoms with Crippen molar-refractivity contribution >= 4 is 11.8 Å². The van der Waals surface area contributed by atoms with Gasteiger partial charge in [-0.3, -0.25) is 20.4 Å². The highest BCUT2D eigenvalue weighted by atomic mass is 16.5. The molecule has 2 N–H and O–H groups in total. The van der Waals surface area contributed by atoms with E-state index in [1.807, 2.05) is 0 Å². The third-order valence-corrected chi connectivity index (χ3v) is 2.58. The number of carbonyl (C=O) groups excluding carboxylic acids is 2. The molecule has 0 radical (unpaired) electrons. The Bertz CT molecular complexity index is 441. The lowest BCUT2D eigenvalue weighted by Gasteiger charge is -2.07. The van der Waals surface area contributed by atoms with Crippen LogP contribution in [-0.4, -0.2) is 18.9 Å². The summed E-state index contributed by atoms with van der Waals surface area (Å²) in [6, 6.07) is 6.73. The maximum Gasteiger partial charge on any atom is 0.269 e. The van der Waals surface area contributed by atoms with Crippen LogP contribution < -0.4 is 15.6 Å². The third-order valence-electron chi connectivity index (χ3n) is 2.58. The Labute approximate surface area is 99.1 Å². The molecule has 0 spiro atoms. The van der Waals surface area contributed by atoms with E-state index in [0.717, 1.165) is 12.8 Å². The fraction of sp³-hybridized carbons (Fsp3) is 0.333. The molecule has 2 rings (SSSR count). The topological polar surface area (TPSA) is 67.4 Å². The number of methoxy groups -OCH3 is 1. The SMILES string of the molecule is COc1cccc(C(=O)NNC(=O)C2CC2)c1. The fourth-order valence-corrected chi connectivity index (χ4v) is 1.40. The minimum absolute atomic E-state index is 0.0700. The van der Waals surface area contributed by atoms with Gasteiger partial charge in [-0.05, 0) is 31.0 Å². The van der Waals surface area contributed by atoms with Gasteiger partial charge in [0.15, 0.2) is 0 Å². The highest BCUT2D eigenvalue weighted by Gasteiger charge is 2.29. The van der Waals surface area contributed by atoms with Crippen LogP contribution in [0.5, 0.6) is 5.75 Å². The monoisotopic (exact) mass is 234 g/mol. The summed E-state index contributed by atoms with van der Waals surface area (Å²) < 4.78 is 5.01. The Hall–Kier alpha value is -2.04. The molecule has 0 bridgehead atoms. The lowest BCUT2D eigenvalue weighted by Crippen LogP contribution is -2.42. The Morgan fingerprint density at radius 2 is 2.06 bits per heavy atom. The van der Waals surface area contributed by atoms with Crippen molar-refractivity contribution in [3.05, 3.63) is 29.8 Å².